The van der Waals surface area contributed by atoms with E-state index in [1.807, 2.05) is 37.3 Å². The van der Waals surface area contributed by atoms with Gasteiger partial charge < -0.3 is 5.73 Å². The largest absolute Gasteiger partial charge is 0.316 e. The molecule has 4 heteroatoms. The van der Waals surface area contributed by atoms with Crippen molar-refractivity contribution in [3.8, 4) is 0 Å². The van der Waals surface area contributed by atoms with Crippen molar-refractivity contribution < 1.29 is 4.79 Å². The molecule has 2 rings (SSSR count). The molecule has 84 valence electrons. The lowest BCUT2D eigenvalue weighted by Crippen LogP contribution is -2.39. The monoisotopic (exact) mass is 217 g/mol. The highest BCUT2D eigenvalue weighted by Gasteiger charge is 2.26. The van der Waals surface area contributed by atoms with E-state index in [1.54, 1.807) is 4.90 Å². The number of rotatable bonds is 2. The molecule has 0 fully saturated rings. The molecule has 0 spiro atoms. The fourth-order valence-corrected chi connectivity index (χ4v) is 1.80. The van der Waals surface area contributed by atoms with E-state index in [-0.39, 0.29) is 5.91 Å². The first-order valence-corrected chi connectivity index (χ1v) is 5.33. The Balaban J connectivity index is 2.14. The zero-order valence-corrected chi connectivity index (χ0v) is 9.26. The van der Waals surface area contributed by atoms with Crippen molar-refractivity contribution in [1.82, 2.24) is 4.90 Å². The Morgan fingerprint density at radius 2 is 2.12 bits per heavy atom. The van der Waals surface area contributed by atoms with Gasteiger partial charge in [-0.3, -0.25) is 14.7 Å². The SMILES string of the molecule is CC1=NCCN1C(=O)[C@@H](N)c1ccccc1. The van der Waals surface area contributed by atoms with Crippen molar-refractivity contribution in [3.05, 3.63) is 35.9 Å². The van der Waals surface area contributed by atoms with Crippen LogP contribution in [0.15, 0.2) is 35.3 Å². The highest BCUT2D eigenvalue weighted by molar-refractivity contribution is 6.00. The first kappa shape index (κ1) is 10.8. The van der Waals surface area contributed by atoms with Crippen LogP contribution in [0.4, 0.5) is 0 Å². The van der Waals surface area contributed by atoms with Crippen LogP contribution in [0.25, 0.3) is 0 Å². The lowest BCUT2D eigenvalue weighted by atomic mass is 10.1. The van der Waals surface area contributed by atoms with Crippen LogP contribution in [0.5, 0.6) is 0 Å². The minimum atomic E-state index is -0.593. The van der Waals surface area contributed by atoms with Gasteiger partial charge in [0.15, 0.2) is 0 Å². The summed E-state index contributed by atoms with van der Waals surface area (Å²) in [6, 6.07) is 8.81. The van der Waals surface area contributed by atoms with Gasteiger partial charge >= 0.3 is 0 Å². The summed E-state index contributed by atoms with van der Waals surface area (Å²) in [6.45, 7) is 3.16. The van der Waals surface area contributed by atoms with Crippen LogP contribution in [-0.4, -0.2) is 29.7 Å². The molecule has 0 aromatic heterocycles. The van der Waals surface area contributed by atoms with Gasteiger partial charge in [-0.15, -0.1) is 0 Å². The zero-order chi connectivity index (χ0) is 11.5. The average Bonchev–Trinajstić information content (AvgIpc) is 2.75. The van der Waals surface area contributed by atoms with E-state index in [1.165, 1.54) is 0 Å². The topological polar surface area (TPSA) is 58.7 Å². The molecule has 1 atom stereocenters. The molecule has 0 unspecified atom stereocenters. The number of carbonyl (C=O) groups excluding carboxylic acids is 1. The van der Waals surface area contributed by atoms with Crippen molar-refractivity contribution in [1.29, 1.82) is 0 Å². The van der Waals surface area contributed by atoms with Crippen LogP contribution in [-0.2, 0) is 4.79 Å². The van der Waals surface area contributed by atoms with Gasteiger partial charge in [0, 0.05) is 6.54 Å². The quantitative estimate of drug-likeness (QED) is 0.801. The Morgan fingerprint density at radius 3 is 2.69 bits per heavy atom. The molecule has 0 saturated heterocycles. The van der Waals surface area contributed by atoms with Crippen molar-refractivity contribution in [3.63, 3.8) is 0 Å². The highest BCUT2D eigenvalue weighted by Crippen LogP contribution is 2.14. The van der Waals surface area contributed by atoms with Gasteiger partial charge in [0.05, 0.1) is 6.54 Å². The lowest BCUT2D eigenvalue weighted by Gasteiger charge is -2.20. The molecule has 2 N–H and O–H groups in total. The van der Waals surface area contributed by atoms with E-state index in [2.05, 4.69) is 4.99 Å². The van der Waals surface area contributed by atoms with E-state index < -0.39 is 6.04 Å². The summed E-state index contributed by atoms with van der Waals surface area (Å²) < 4.78 is 0. The third kappa shape index (κ3) is 1.97. The number of hydrogen-bond donors (Lipinski definition) is 1. The van der Waals surface area contributed by atoms with Crippen molar-refractivity contribution in [2.45, 2.75) is 13.0 Å². The Labute approximate surface area is 94.8 Å². The molecular weight excluding hydrogens is 202 g/mol. The Morgan fingerprint density at radius 1 is 1.44 bits per heavy atom. The van der Waals surface area contributed by atoms with E-state index in [9.17, 15) is 4.79 Å². The minimum Gasteiger partial charge on any atom is -0.316 e. The first-order chi connectivity index (χ1) is 7.70. The molecule has 16 heavy (non-hydrogen) atoms. The maximum Gasteiger partial charge on any atom is 0.249 e. The van der Waals surface area contributed by atoms with Gasteiger partial charge in [-0.05, 0) is 12.5 Å². The number of nitrogens with two attached hydrogens (primary N) is 1. The highest BCUT2D eigenvalue weighted by atomic mass is 16.2. The van der Waals surface area contributed by atoms with Crippen molar-refractivity contribution >= 4 is 11.7 Å². The summed E-state index contributed by atoms with van der Waals surface area (Å²) in [5.74, 6) is 0.682. The van der Waals surface area contributed by atoms with Gasteiger partial charge in [0.2, 0.25) is 5.91 Å². The molecule has 1 aliphatic rings. The number of hydrogen-bond acceptors (Lipinski definition) is 3. The molecule has 0 aliphatic carbocycles. The number of amidine groups is 1. The Kier molecular flexibility index (Phi) is 3.01. The second-order valence-corrected chi connectivity index (χ2v) is 3.81. The van der Waals surface area contributed by atoms with E-state index in [4.69, 9.17) is 5.73 Å². The molecule has 0 radical (unpaired) electrons. The van der Waals surface area contributed by atoms with Crippen LogP contribution in [0.2, 0.25) is 0 Å². The van der Waals surface area contributed by atoms with Gasteiger partial charge in [0.25, 0.3) is 0 Å². The summed E-state index contributed by atoms with van der Waals surface area (Å²) in [5, 5.41) is 0. The number of benzene rings is 1. The Bertz CT molecular complexity index is 414. The molecule has 1 aromatic carbocycles. The van der Waals surface area contributed by atoms with Crippen LogP contribution in [0.1, 0.15) is 18.5 Å². The maximum atomic E-state index is 12.1. The smallest absolute Gasteiger partial charge is 0.249 e. The number of amides is 1. The first-order valence-electron chi connectivity index (χ1n) is 5.33. The van der Waals surface area contributed by atoms with Gasteiger partial charge in [-0.1, -0.05) is 30.3 Å². The number of carbonyl (C=O) groups is 1. The minimum absolute atomic E-state index is 0.0787. The zero-order valence-electron chi connectivity index (χ0n) is 9.26. The van der Waals surface area contributed by atoms with E-state index in [0.717, 1.165) is 11.4 Å². The van der Waals surface area contributed by atoms with Gasteiger partial charge in [-0.2, -0.15) is 0 Å². The second kappa shape index (κ2) is 4.45. The number of aliphatic imine (C=N–C) groups is 1. The average molecular weight is 217 g/mol. The predicted octanol–water partition coefficient (Wildman–Crippen LogP) is 0.947. The lowest BCUT2D eigenvalue weighted by molar-refractivity contribution is -0.128. The molecule has 1 heterocycles. The van der Waals surface area contributed by atoms with Crippen LogP contribution >= 0.6 is 0 Å². The standard InChI is InChI=1S/C12H15N3O/c1-9-14-7-8-15(9)12(16)11(13)10-5-3-2-4-6-10/h2-6,11H,7-8,13H2,1H3/t11-/m0/s1. The molecule has 1 aliphatic heterocycles. The summed E-state index contributed by atoms with van der Waals surface area (Å²) in [4.78, 5) is 17.9. The fourth-order valence-electron chi connectivity index (χ4n) is 1.80. The third-order valence-electron chi connectivity index (χ3n) is 2.75. The van der Waals surface area contributed by atoms with Crippen molar-refractivity contribution in [2.24, 2.45) is 10.7 Å². The fraction of sp³-hybridized carbons (Fsp3) is 0.333. The summed E-state index contributed by atoms with van der Waals surface area (Å²) >= 11 is 0. The normalized spacial score (nSPS) is 17.1. The van der Waals surface area contributed by atoms with Gasteiger partial charge in [0.1, 0.15) is 11.9 Å². The van der Waals surface area contributed by atoms with Crippen molar-refractivity contribution in [2.75, 3.05) is 13.1 Å². The summed E-state index contributed by atoms with van der Waals surface area (Å²) in [7, 11) is 0. The molecule has 0 saturated carbocycles. The molecular formula is C12H15N3O. The summed E-state index contributed by atoms with van der Waals surface area (Å²) in [5.41, 5.74) is 6.77. The third-order valence-corrected chi connectivity index (χ3v) is 2.75. The van der Waals surface area contributed by atoms with Gasteiger partial charge in [-0.25, -0.2) is 0 Å². The summed E-state index contributed by atoms with van der Waals surface area (Å²) in [6.07, 6.45) is 0. The maximum absolute atomic E-state index is 12.1. The van der Waals surface area contributed by atoms with E-state index >= 15 is 0 Å². The number of nitrogens with zero attached hydrogens (tertiary/aromatic N) is 2. The second-order valence-electron chi connectivity index (χ2n) is 3.81. The molecule has 4 nitrogen and oxygen atoms in total. The van der Waals surface area contributed by atoms with Crippen LogP contribution < -0.4 is 5.73 Å². The molecule has 0 bridgehead atoms. The van der Waals surface area contributed by atoms with E-state index in [0.29, 0.717) is 13.1 Å². The molecule has 1 amide bonds. The predicted molar refractivity (Wildman–Crippen MR) is 63.1 cm³/mol. The molecule has 1 aromatic rings. The van der Waals surface area contributed by atoms with Crippen LogP contribution in [0, 0.1) is 0 Å². The van der Waals surface area contributed by atoms with Crippen LogP contribution in [0.3, 0.4) is 0 Å². The Hall–Kier alpha value is -1.68.